The molecule has 0 aliphatic heterocycles. The molecule has 0 spiro atoms. The van der Waals surface area contributed by atoms with Gasteiger partial charge in [-0.2, -0.15) is 0 Å². The number of esters is 4. The number of rotatable bonds is 65. The fourth-order valence-corrected chi connectivity index (χ4v) is 11.7. The molecule has 0 heterocycles. The van der Waals surface area contributed by atoms with E-state index in [0.29, 0.717) is 31.6 Å². The van der Waals surface area contributed by atoms with E-state index in [1.807, 2.05) is 0 Å². The minimum absolute atomic E-state index is 0.104. The number of carbonyl (C=O) groups is 4. The number of carbonyl (C=O) groups excluding carboxylic acids is 4. The summed E-state index contributed by atoms with van der Waals surface area (Å²) in [5.74, 6) is 0.798. The third kappa shape index (κ3) is 61.3. The molecule has 0 aromatic heterocycles. The summed E-state index contributed by atoms with van der Waals surface area (Å²) in [5, 5.41) is 10.6. The van der Waals surface area contributed by atoms with Gasteiger partial charge in [-0.1, -0.05) is 280 Å². The summed E-state index contributed by atoms with van der Waals surface area (Å²) >= 11 is 0. The smallest absolute Gasteiger partial charge is 0.462 e. The first-order valence-corrected chi connectivity index (χ1v) is 38.2. The third-order valence-corrected chi connectivity index (χ3v) is 17.8. The zero-order valence-electron chi connectivity index (χ0n) is 56.6. The number of unbranched alkanes of at least 4 members (excludes halogenated alkanes) is 30. The molecule has 516 valence electrons. The van der Waals surface area contributed by atoms with Crippen molar-refractivity contribution >= 4 is 39.5 Å². The second-order valence-electron chi connectivity index (χ2n) is 26.2. The average molecular weight is 1280 g/mol. The van der Waals surface area contributed by atoms with Crippen LogP contribution in [0.5, 0.6) is 0 Å². The van der Waals surface area contributed by atoms with E-state index < -0.39 is 97.5 Å². The lowest BCUT2D eigenvalue weighted by molar-refractivity contribution is -0.161. The van der Waals surface area contributed by atoms with Crippen molar-refractivity contribution < 1.29 is 80.2 Å². The number of ether oxygens (including phenoxy) is 4. The SMILES string of the molecule is CCC(C)CCCCCCCCC(=O)OC[C@H](COP(=O)(O)OC[C@H](O)COP(=O)(O)OC[C@@H](COC(=O)CCCCCCCCC(C)C)OC(=O)CCCCCCCCCCCC(C)C)OC(=O)CCCCCCCCCCCCCCCC(C)C. The number of aliphatic hydroxyl groups excluding tert-OH is 1. The predicted octanol–water partition coefficient (Wildman–Crippen LogP) is 18.9. The molecule has 87 heavy (non-hydrogen) atoms. The molecule has 0 radical (unpaired) electrons. The van der Waals surface area contributed by atoms with E-state index in [2.05, 4.69) is 55.4 Å². The van der Waals surface area contributed by atoms with Crippen LogP contribution in [0.25, 0.3) is 0 Å². The largest absolute Gasteiger partial charge is 0.472 e. The second kappa shape index (κ2) is 57.9. The van der Waals surface area contributed by atoms with Gasteiger partial charge in [0.25, 0.3) is 0 Å². The molecule has 0 aliphatic carbocycles. The zero-order valence-corrected chi connectivity index (χ0v) is 58.4. The minimum Gasteiger partial charge on any atom is -0.462 e. The Kier molecular flexibility index (Phi) is 56.6. The van der Waals surface area contributed by atoms with Crippen molar-refractivity contribution in [2.75, 3.05) is 39.6 Å². The number of phosphoric acid groups is 2. The maximum atomic E-state index is 13.0. The highest BCUT2D eigenvalue weighted by Crippen LogP contribution is 2.45. The van der Waals surface area contributed by atoms with Gasteiger partial charge >= 0.3 is 39.5 Å². The van der Waals surface area contributed by atoms with Crippen LogP contribution in [-0.4, -0.2) is 96.7 Å². The van der Waals surface area contributed by atoms with E-state index in [1.54, 1.807) is 0 Å². The Morgan fingerprint density at radius 3 is 0.816 bits per heavy atom. The van der Waals surface area contributed by atoms with Crippen LogP contribution in [0.2, 0.25) is 0 Å². The normalized spacial score (nSPS) is 14.6. The molecular formula is C68H132O17P2. The van der Waals surface area contributed by atoms with Crippen LogP contribution in [0.4, 0.5) is 0 Å². The van der Waals surface area contributed by atoms with E-state index in [-0.39, 0.29) is 25.7 Å². The van der Waals surface area contributed by atoms with Gasteiger partial charge in [0.2, 0.25) is 0 Å². The van der Waals surface area contributed by atoms with Crippen LogP contribution in [0.15, 0.2) is 0 Å². The molecule has 0 fully saturated rings. The van der Waals surface area contributed by atoms with Gasteiger partial charge in [0.05, 0.1) is 26.4 Å². The van der Waals surface area contributed by atoms with Gasteiger partial charge in [0.1, 0.15) is 19.3 Å². The van der Waals surface area contributed by atoms with Crippen molar-refractivity contribution in [2.45, 2.75) is 350 Å². The molecular weight excluding hydrogens is 1150 g/mol. The maximum absolute atomic E-state index is 13.0. The number of phosphoric ester groups is 2. The van der Waals surface area contributed by atoms with Gasteiger partial charge in [-0.25, -0.2) is 9.13 Å². The Morgan fingerprint density at radius 1 is 0.322 bits per heavy atom. The summed E-state index contributed by atoms with van der Waals surface area (Å²) in [6.07, 6.45) is 39.1. The summed E-state index contributed by atoms with van der Waals surface area (Å²) in [6, 6.07) is 0. The van der Waals surface area contributed by atoms with Gasteiger partial charge < -0.3 is 33.8 Å². The first-order valence-electron chi connectivity index (χ1n) is 35.2. The van der Waals surface area contributed by atoms with Gasteiger partial charge in [0.15, 0.2) is 12.2 Å². The molecule has 6 atom stereocenters. The Hall–Kier alpha value is -1.94. The van der Waals surface area contributed by atoms with Crippen molar-refractivity contribution in [1.82, 2.24) is 0 Å². The van der Waals surface area contributed by atoms with Gasteiger partial charge in [-0.05, 0) is 49.4 Å². The molecule has 0 amide bonds. The molecule has 0 aromatic carbocycles. The lowest BCUT2D eigenvalue weighted by Gasteiger charge is -2.21. The Bertz CT molecular complexity index is 1730. The standard InChI is InChI=1S/C68H132O17P2/c1-9-61(8)47-39-31-25-27-33-41-49-66(71)79-55-64(84-67(72)50-42-34-22-18-14-12-10-11-13-16-20-28-36-44-58(2)3)57-83-87(76,77)81-53-62(69)52-80-86(74,75)82-56-63(54-78-65(70)48-40-32-26-24-30-38-46-60(6)7)85-68(73)51-43-35-23-19-15-17-21-29-37-45-59(4)5/h58-64,69H,9-57H2,1-8H3,(H,74,75)(H,76,77)/t61?,62-,63-,64-/m1/s1. The molecule has 0 bridgehead atoms. The highest BCUT2D eigenvalue weighted by atomic mass is 31.2. The fourth-order valence-electron chi connectivity index (χ4n) is 10.1. The first-order chi connectivity index (χ1) is 41.6. The van der Waals surface area contributed by atoms with Gasteiger partial charge in [-0.3, -0.25) is 37.3 Å². The molecule has 3 N–H and O–H groups in total. The fraction of sp³-hybridized carbons (Fsp3) is 0.941. The zero-order chi connectivity index (χ0) is 64.7. The number of aliphatic hydroxyl groups is 1. The topological polar surface area (TPSA) is 237 Å². The van der Waals surface area contributed by atoms with Crippen LogP contribution in [0.1, 0.15) is 331 Å². The number of hydrogen-bond acceptors (Lipinski definition) is 15. The Balaban J connectivity index is 5.24. The van der Waals surface area contributed by atoms with Crippen LogP contribution in [0, 0.1) is 23.7 Å². The molecule has 0 saturated carbocycles. The van der Waals surface area contributed by atoms with Crippen molar-refractivity contribution in [3.63, 3.8) is 0 Å². The highest BCUT2D eigenvalue weighted by Gasteiger charge is 2.30. The average Bonchev–Trinajstić information content (AvgIpc) is 3.53. The molecule has 0 aromatic rings. The summed E-state index contributed by atoms with van der Waals surface area (Å²) < 4.78 is 68.1. The van der Waals surface area contributed by atoms with Crippen LogP contribution in [0.3, 0.4) is 0 Å². The molecule has 0 aliphatic rings. The lowest BCUT2D eigenvalue weighted by atomic mass is 10.00. The summed E-state index contributed by atoms with van der Waals surface area (Å²) in [7, 11) is -9.90. The van der Waals surface area contributed by atoms with Crippen LogP contribution >= 0.6 is 15.6 Å². The summed E-state index contributed by atoms with van der Waals surface area (Å²) in [5.41, 5.74) is 0. The van der Waals surface area contributed by atoms with E-state index >= 15 is 0 Å². The summed E-state index contributed by atoms with van der Waals surface area (Å²) in [6.45, 7) is 14.0. The van der Waals surface area contributed by atoms with E-state index in [1.165, 1.54) is 122 Å². The summed E-state index contributed by atoms with van der Waals surface area (Å²) in [4.78, 5) is 72.4. The lowest BCUT2D eigenvalue weighted by Crippen LogP contribution is -2.30. The predicted molar refractivity (Wildman–Crippen MR) is 349 cm³/mol. The molecule has 3 unspecified atom stereocenters. The van der Waals surface area contributed by atoms with Crippen molar-refractivity contribution in [3.8, 4) is 0 Å². The highest BCUT2D eigenvalue weighted by molar-refractivity contribution is 7.47. The molecule has 0 rings (SSSR count). The van der Waals surface area contributed by atoms with E-state index in [4.69, 9.17) is 37.0 Å². The molecule has 17 nitrogen and oxygen atoms in total. The van der Waals surface area contributed by atoms with Crippen LogP contribution < -0.4 is 0 Å². The first kappa shape index (κ1) is 85.1. The quantitative estimate of drug-likeness (QED) is 0.0222. The van der Waals surface area contributed by atoms with Crippen molar-refractivity contribution in [2.24, 2.45) is 23.7 Å². The van der Waals surface area contributed by atoms with Gasteiger partial charge in [0, 0.05) is 25.7 Å². The Morgan fingerprint density at radius 2 is 0.552 bits per heavy atom. The number of hydrogen-bond donors (Lipinski definition) is 3. The molecule has 0 saturated heterocycles. The van der Waals surface area contributed by atoms with Gasteiger partial charge in [-0.15, -0.1) is 0 Å². The van der Waals surface area contributed by atoms with Crippen LogP contribution in [-0.2, 0) is 65.4 Å². The third-order valence-electron chi connectivity index (χ3n) is 15.9. The van der Waals surface area contributed by atoms with E-state index in [0.717, 1.165) is 120 Å². The van der Waals surface area contributed by atoms with Crippen molar-refractivity contribution in [1.29, 1.82) is 0 Å². The second-order valence-corrected chi connectivity index (χ2v) is 29.1. The minimum atomic E-state index is -4.95. The van der Waals surface area contributed by atoms with E-state index in [9.17, 15) is 43.2 Å². The molecule has 19 heteroatoms. The Labute approximate surface area is 530 Å². The monoisotopic (exact) mass is 1280 g/mol. The maximum Gasteiger partial charge on any atom is 0.472 e. The van der Waals surface area contributed by atoms with Crippen molar-refractivity contribution in [3.05, 3.63) is 0 Å².